The Morgan fingerprint density at radius 1 is 1.15 bits per heavy atom. The molecule has 4 aromatic heterocycles. The number of anilines is 1. The van der Waals surface area contributed by atoms with Crippen molar-refractivity contribution in [1.82, 2.24) is 34.8 Å². The molecule has 0 spiro atoms. The Bertz CT molecular complexity index is 1040. The fraction of sp³-hybridized carbons (Fsp3) is 0.235. The third-order valence-corrected chi connectivity index (χ3v) is 5.55. The Kier molecular flexibility index (Phi) is 4.95. The first kappa shape index (κ1) is 17.7. The fourth-order valence-electron chi connectivity index (χ4n) is 2.56. The molecule has 0 amide bonds. The molecule has 2 N–H and O–H groups in total. The van der Waals surface area contributed by atoms with Gasteiger partial charge in [-0.1, -0.05) is 31.5 Å². The smallest absolute Gasteiger partial charge is 0.232 e. The van der Waals surface area contributed by atoms with Crippen LogP contribution in [0.25, 0.3) is 16.9 Å². The minimum absolute atomic E-state index is 0.141. The monoisotopic (exact) mass is 400 g/mol. The summed E-state index contributed by atoms with van der Waals surface area (Å²) in [5.41, 5.74) is 1.87. The Morgan fingerprint density at radius 2 is 1.96 bits per heavy atom. The predicted molar refractivity (Wildman–Crippen MR) is 107 cm³/mol. The van der Waals surface area contributed by atoms with E-state index in [1.54, 1.807) is 23.1 Å². The Morgan fingerprint density at radius 3 is 2.78 bits per heavy atom. The van der Waals surface area contributed by atoms with Gasteiger partial charge in [-0.15, -0.1) is 10.2 Å². The van der Waals surface area contributed by atoms with Crippen LogP contribution in [-0.4, -0.2) is 40.0 Å². The maximum Gasteiger partial charge on any atom is 0.232 e. The summed E-state index contributed by atoms with van der Waals surface area (Å²) in [4.78, 5) is 11.8. The van der Waals surface area contributed by atoms with Crippen molar-refractivity contribution in [2.24, 2.45) is 0 Å². The van der Waals surface area contributed by atoms with Gasteiger partial charge in [-0.3, -0.25) is 4.72 Å². The Balaban J connectivity index is 1.43. The molecular weight excluding hydrogens is 384 g/mol. The summed E-state index contributed by atoms with van der Waals surface area (Å²) in [6, 6.07) is 5.89. The number of pyridine rings is 1. The van der Waals surface area contributed by atoms with E-state index in [-0.39, 0.29) is 11.2 Å². The number of nitrogens with zero attached hydrogens (tertiary/aromatic N) is 6. The summed E-state index contributed by atoms with van der Waals surface area (Å²) in [6.45, 7) is 4.18. The molecule has 0 aliphatic rings. The average molecular weight is 401 g/mol. The number of H-pyrrole nitrogens is 1. The highest BCUT2D eigenvalue weighted by Crippen LogP contribution is 2.27. The van der Waals surface area contributed by atoms with Crippen LogP contribution in [0.2, 0.25) is 5.02 Å². The zero-order valence-corrected chi connectivity index (χ0v) is 16.2. The molecule has 27 heavy (non-hydrogen) atoms. The van der Waals surface area contributed by atoms with Gasteiger partial charge in [0.2, 0.25) is 5.95 Å². The Hall–Kier alpha value is -2.65. The molecule has 10 heteroatoms. The fourth-order valence-corrected chi connectivity index (χ4v) is 3.38. The first-order valence-electron chi connectivity index (χ1n) is 8.36. The summed E-state index contributed by atoms with van der Waals surface area (Å²) in [5, 5.41) is 13.5. The molecule has 138 valence electrons. The maximum absolute atomic E-state index is 5.85. The van der Waals surface area contributed by atoms with Crippen molar-refractivity contribution in [3.63, 3.8) is 0 Å². The first-order chi connectivity index (χ1) is 13.1. The van der Waals surface area contributed by atoms with E-state index in [0.717, 1.165) is 16.9 Å². The van der Waals surface area contributed by atoms with Crippen molar-refractivity contribution in [2.75, 3.05) is 4.72 Å². The van der Waals surface area contributed by atoms with Gasteiger partial charge in [0.25, 0.3) is 0 Å². The number of halogens is 1. The molecule has 0 bridgehead atoms. The van der Waals surface area contributed by atoms with Gasteiger partial charge in [0.15, 0.2) is 5.82 Å². The largest absolute Gasteiger partial charge is 0.307 e. The van der Waals surface area contributed by atoms with E-state index < -0.39 is 0 Å². The van der Waals surface area contributed by atoms with E-state index in [2.05, 4.69) is 48.8 Å². The molecule has 8 nitrogen and oxygen atoms in total. The van der Waals surface area contributed by atoms with Crippen LogP contribution in [0.4, 0.5) is 5.95 Å². The zero-order chi connectivity index (χ0) is 18.8. The second kappa shape index (κ2) is 7.53. The number of nitrogens with one attached hydrogen (secondary N) is 2. The van der Waals surface area contributed by atoms with Crippen molar-refractivity contribution in [2.45, 2.75) is 25.0 Å². The van der Waals surface area contributed by atoms with Crippen molar-refractivity contribution in [1.29, 1.82) is 0 Å². The first-order valence-corrected chi connectivity index (χ1v) is 9.62. The summed E-state index contributed by atoms with van der Waals surface area (Å²) in [7, 11) is 0. The quantitative estimate of drug-likeness (QED) is 0.475. The van der Waals surface area contributed by atoms with E-state index in [0.29, 0.717) is 16.8 Å². The van der Waals surface area contributed by atoms with Gasteiger partial charge in [0.1, 0.15) is 5.82 Å². The zero-order valence-electron chi connectivity index (χ0n) is 14.7. The Labute approximate surface area is 164 Å². The van der Waals surface area contributed by atoms with Crippen molar-refractivity contribution >= 4 is 35.0 Å². The molecule has 0 saturated heterocycles. The van der Waals surface area contributed by atoms with E-state index in [1.807, 2.05) is 24.4 Å². The average Bonchev–Trinajstić information content (AvgIpc) is 3.32. The summed E-state index contributed by atoms with van der Waals surface area (Å²) >= 11 is 7.38. The molecule has 0 aliphatic carbocycles. The highest BCUT2D eigenvalue weighted by atomic mass is 35.5. The SMILES string of the molecule is CC(SNc1nnc(-c2cnn3ccccc23)[nH]1)C(C)c1ncc(Cl)cn1. The van der Waals surface area contributed by atoms with Crippen LogP contribution in [-0.2, 0) is 0 Å². The van der Waals surface area contributed by atoms with Crippen LogP contribution in [0.15, 0.2) is 43.0 Å². The second-order valence-corrected chi connectivity index (χ2v) is 7.70. The molecule has 0 aromatic carbocycles. The molecule has 0 saturated carbocycles. The van der Waals surface area contributed by atoms with Crippen LogP contribution >= 0.6 is 23.5 Å². The number of fused-ring (bicyclic) bond motifs is 1. The topological polar surface area (TPSA) is 96.7 Å². The number of aromatic nitrogens is 7. The van der Waals surface area contributed by atoms with Gasteiger partial charge in [0.05, 0.1) is 22.3 Å². The molecule has 4 heterocycles. The van der Waals surface area contributed by atoms with Crippen molar-refractivity contribution in [3.8, 4) is 11.4 Å². The molecule has 2 atom stereocenters. The highest BCUT2D eigenvalue weighted by Gasteiger charge is 2.19. The lowest BCUT2D eigenvalue weighted by Crippen LogP contribution is -2.13. The number of hydrogen-bond acceptors (Lipinski definition) is 7. The summed E-state index contributed by atoms with van der Waals surface area (Å²) in [5.74, 6) is 2.15. The van der Waals surface area contributed by atoms with E-state index in [9.17, 15) is 0 Å². The normalized spacial score (nSPS) is 13.6. The van der Waals surface area contributed by atoms with Crippen LogP contribution in [0, 0.1) is 0 Å². The van der Waals surface area contributed by atoms with Gasteiger partial charge in [-0.2, -0.15) is 5.10 Å². The second-order valence-electron chi connectivity index (χ2n) is 6.08. The molecule has 2 unspecified atom stereocenters. The van der Waals surface area contributed by atoms with Crippen LogP contribution < -0.4 is 4.72 Å². The van der Waals surface area contributed by atoms with Gasteiger partial charge in [-0.25, -0.2) is 14.5 Å². The third kappa shape index (κ3) is 3.74. The van der Waals surface area contributed by atoms with Gasteiger partial charge < -0.3 is 4.98 Å². The van der Waals surface area contributed by atoms with Crippen molar-refractivity contribution < 1.29 is 0 Å². The molecule has 4 aromatic rings. The summed E-state index contributed by atoms with van der Waals surface area (Å²) in [6.07, 6.45) is 6.90. The third-order valence-electron chi connectivity index (χ3n) is 4.26. The van der Waals surface area contributed by atoms with Gasteiger partial charge >= 0.3 is 0 Å². The summed E-state index contributed by atoms with van der Waals surface area (Å²) < 4.78 is 5.02. The van der Waals surface area contributed by atoms with Crippen LogP contribution in [0.3, 0.4) is 0 Å². The van der Waals surface area contributed by atoms with Crippen LogP contribution in [0.5, 0.6) is 0 Å². The minimum Gasteiger partial charge on any atom is -0.307 e. The van der Waals surface area contributed by atoms with E-state index >= 15 is 0 Å². The van der Waals surface area contributed by atoms with Gasteiger partial charge in [-0.05, 0) is 24.1 Å². The highest BCUT2D eigenvalue weighted by molar-refractivity contribution is 8.01. The lowest BCUT2D eigenvalue weighted by atomic mass is 10.1. The molecule has 0 radical (unpaired) electrons. The van der Waals surface area contributed by atoms with Crippen molar-refractivity contribution in [3.05, 3.63) is 53.8 Å². The molecular formula is C17H17ClN8S. The molecule has 4 rings (SSSR count). The van der Waals surface area contributed by atoms with Gasteiger partial charge in [0, 0.05) is 29.8 Å². The lowest BCUT2D eigenvalue weighted by Gasteiger charge is -2.17. The lowest BCUT2D eigenvalue weighted by molar-refractivity contribution is 0.693. The maximum atomic E-state index is 5.85. The number of hydrogen-bond donors (Lipinski definition) is 2. The minimum atomic E-state index is 0.141. The van der Waals surface area contributed by atoms with Crippen LogP contribution in [0.1, 0.15) is 25.6 Å². The molecule has 0 aliphatic heterocycles. The standard InChI is InChI=1S/C17H17ClN8S/c1-10(15-19-7-12(18)8-20-15)11(2)27-25-17-22-16(23-24-17)13-9-21-26-6-4-3-5-14(13)26/h3-11H,1-2H3,(H2,22,23,24,25). The molecule has 0 fully saturated rings. The predicted octanol–water partition coefficient (Wildman–Crippen LogP) is 3.82. The van der Waals surface area contributed by atoms with E-state index in [4.69, 9.17) is 11.6 Å². The van der Waals surface area contributed by atoms with E-state index in [1.165, 1.54) is 11.9 Å². The number of rotatable bonds is 6. The number of aromatic amines is 1.